The van der Waals surface area contributed by atoms with Crippen LogP contribution in [0.15, 0.2) is 0 Å². The van der Waals surface area contributed by atoms with Gasteiger partial charge in [-0.2, -0.15) is 13.2 Å². The van der Waals surface area contributed by atoms with E-state index in [2.05, 4.69) is 0 Å². The van der Waals surface area contributed by atoms with E-state index in [0.29, 0.717) is 31.2 Å². The van der Waals surface area contributed by atoms with Gasteiger partial charge in [0.1, 0.15) is 12.4 Å². The first-order valence-corrected chi connectivity index (χ1v) is 13.7. The van der Waals surface area contributed by atoms with Crippen LogP contribution in [-0.4, -0.2) is 43.4 Å². The van der Waals surface area contributed by atoms with Crippen LogP contribution in [0, 0.1) is 18.8 Å². The lowest BCUT2D eigenvalue weighted by molar-refractivity contribution is -0.194. The summed E-state index contributed by atoms with van der Waals surface area (Å²) in [5, 5.41) is 1.80. The summed E-state index contributed by atoms with van der Waals surface area (Å²) >= 11 is 0. The number of hydrogen-bond acceptors (Lipinski definition) is 8. The summed E-state index contributed by atoms with van der Waals surface area (Å²) < 4.78 is 61.8. The molecule has 0 bridgehead atoms. The largest absolute Gasteiger partial charge is 0.496 e. The fourth-order valence-corrected chi connectivity index (χ4v) is 5.78. The van der Waals surface area contributed by atoms with Crippen LogP contribution in [0.3, 0.4) is 0 Å². The number of rotatable bonds is 8. The molecule has 2 aliphatic carbocycles. The summed E-state index contributed by atoms with van der Waals surface area (Å²) in [6.45, 7) is 1.37. The number of halogens is 3. The molecule has 0 spiro atoms. The second kappa shape index (κ2) is 12.5. The molecule has 2 fully saturated rings. The number of carbonyl (C=O) groups is 4. The lowest BCUT2D eigenvalue weighted by Gasteiger charge is -2.28. The van der Waals surface area contributed by atoms with Crippen molar-refractivity contribution >= 4 is 29.5 Å². The number of alkyl halides is 3. The van der Waals surface area contributed by atoms with Crippen LogP contribution in [0.4, 0.5) is 18.9 Å². The molecule has 1 N–H and O–H groups in total. The highest BCUT2D eigenvalue weighted by molar-refractivity contribution is 6.07. The van der Waals surface area contributed by atoms with Gasteiger partial charge < -0.3 is 24.3 Å². The molecule has 40 heavy (non-hydrogen) atoms. The van der Waals surface area contributed by atoms with Crippen molar-refractivity contribution in [2.45, 2.75) is 96.6 Å². The van der Waals surface area contributed by atoms with Crippen molar-refractivity contribution in [1.29, 1.82) is 0 Å². The van der Waals surface area contributed by atoms with Crippen molar-refractivity contribution in [3.8, 4) is 5.75 Å². The normalized spacial score (nSPS) is 18.2. The van der Waals surface area contributed by atoms with Gasteiger partial charge in [-0.1, -0.05) is 38.5 Å². The van der Waals surface area contributed by atoms with Gasteiger partial charge in [-0.15, -0.1) is 0 Å². The maximum absolute atomic E-state index is 13.3. The number of benzene rings is 1. The first-order valence-electron chi connectivity index (χ1n) is 13.7. The number of amides is 1. The number of fused-ring (bicyclic) bond motifs is 1. The van der Waals surface area contributed by atoms with Gasteiger partial charge in [-0.25, -0.2) is 4.79 Å². The van der Waals surface area contributed by atoms with E-state index < -0.39 is 60.2 Å². The Kier molecular flexibility index (Phi) is 9.25. The predicted molar refractivity (Wildman–Crippen MR) is 134 cm³/mol. The molecule has 3 aliphatic rings. The van der Waals surface area contributed by atoms with Crippen molar-refractivity contribution in [3.05, 3.63) is 22.3 Å². The van der Waals surface area contributed by atoms with E-state index in [-0.39, 0.29) is 29.0 Å². The molecular weight excluding hydrogens is 535 g/mol. The summed E-state index contributed by atoms with van der Waals surface area (Å²) in [6.07, 6.45) is 0.601. The van der Waals surface area contributed by atoms with Crippen LogP contribution in [-0.2, 0) is 41.6 Å². The Labute approximate surface area is 230 Å². The molecule has 2 saturated carbocycles. The molecule has 0 aromatic heterocycles. The Bertz CT molecular complexity index is 1120. The molecule has 1 aromatic carbocycles. The highest BCUT2D eigenvalue weighted by Gasteiger charge is 2.42. The molecule has 0 atom stereocenters. The van der Waals surface area contributed by atoms with Crippen molar-refractivity contribution < 1.29 is 51.3 Å². The fourth-order valence-electron chi connectivity index (χ4n) is 5.78. The number of esters is 3. The van der Waals surface area contributed by atoms with Crippen LogP contribution >= 0.6 is 0 Å². The summed E-state index contributed by atoms with van der Waals surface area (Å²) in [5.41, 5.74) is -0.137. The van der Waals surface area contributed by atoms with E-state index in [0.717, 1.165) is 38.5 Å². The van der Waals surface area contributed by atoms with Gasteiger partial charge >= 0.3 is 30.0 Å². The van der Waals surface area contributed by atoms with Crippen molar-refractivity contribution in [3.63, 3.8) is 0 Å². The molecule has 12 heteroatoms. The minimum atomic E-state index is -5.26. The third-order valence-corrected chi connectivity index (χ3v) is 7.92. The van der Waals surface area contributed by atoms with Crippen molar-refractivity contribution in [2.24, 2.45) is 11.8 Å². The van der Waals surface area contributed by atoms with Crippen LogP contribution in [0.2, 0.25) is 0 Å². The Morgan fingerprint density at radius 3 is 1.95 bits per heavy atom. The molecule has 1 amide bonds. The minimum Gasteiger partial charge on any atom is -0.496 e. The number of methoxy groups -OCH3 is 1. The molecule has 0 saturated heterocycles. The number of nitrogens with one attached hydrogen (secondary N) is 1. The molecule has 9 nitrogen and oxygen atoms in total. The summed E-state index contributed by atoms with van der Waals surface area (Å²) in [7, 11) is 1.28. The molecule has 0 radical (unpaired) electrons. The average Bonchev–Trinajstić information content (AvgIpc) is 3.32. The Hall–Kier alpha value is -3.31. The third-order valence-electron chi connectivity index (χ3n) is 7.92. The number of carbonyl (C=O) groups excluding carboxylic acids is 4. The Morgan fingerprint density at radius 2 is 1.48 bits per heavy atom. The molecule has 1 aliphatic heterocycles. The standard InChI is InChI=1S/C28H34F3NO8/c1-15-19-14-38-26(35)21(19)22(32-27(36)28(29,30)31)18(23(15)37-2)13-20(39-24(33)16-9-5-3-6-10-16)40-25(34)17-11-7-4-8-12-17/h16-17,20H,3-14H2,1-2H3,(H,32,36). The maximum atomic E-state index is 13.3. The van der Waals surface area contributed by atoms with Crippen LogP contribution < -0.4 is 10.1 Å². The molecule has 1 heterocycles. The van der Waals surface area contributed by atoms with Crippen LogP contribution in [0.5, 0.6) is 5.75 Å². The highest BCUT2D eigenvalue weighted by Crippen LogP contribution is 2.42. The summed E-state index contributed by atoms with van der Waals surface area (Å²) in [5.74, 6) is -5.11. The van der Waals surface area contributed by atoms with Gasteiger partial charge in [0, 0.05) is 11.1 Å². The van der Waals surface area contributed by atoms with E-state index in [1.165, 1.54) is 7.11 Å². The smallest absolute Gasteiger partial charge is 0.471 e. The summed E-state index contributed by atoms with van der Waals surface area (Å²) in [4.78, 5) is 50.8. The van der Waals surface area contributed by atoms with Gasteiger partial charge in [-0.3, -0.25) is 14.4 Å². The van der Waals surface area contributed by atoms with E-state index in [1.807, 2.05) is 0 Å². The van der Waals surface area contributed by atoms with Crippen molar-refractivity contribution in [2.75, 3.05) is 12.4 Å². The second-order valence-corrected chi connectivity index (χ2v) is 10.6. The predicted octanol–water partition coefficient (Wildman–Crippen LogP) is 5.29. The zero-order chi connectivity index (χ0) is 29.0. The van der Waals surface area contributed by atoms with Gasteiger partial charge in [0.15, 0.2) is 0 Å². The third kappa shape index (κ3) is 6.52. The molecule has 0 unspecified atom stereocenters. The monoisotopic (exact) mass is 569 g/mol. The fraction of sp³-hybridized carbons (Fsp3) is 0.643. The van der Waals surface area contributed by atoms with E-state index in [9.17, 15) is 32.3 Å². The summed E-state index contributed by atoms with van der Waals surface area (Å²) in [6, 6.07) is 0. The first-order chi connectivity index (χ1) is 19.0. The Morgan fingerprint density at radius 1 is 0.950 bits per heavy atom. The lowest BCUT2D eigenvalue weighted by Crippen LogP contribution is -2.34. The quantitative estimate of drug-likeness (QED) is 0.332. The van der Waals surface area contributed by atoms with Gasteiger partial charge in [0.25, 0.3) is 6.29 Å². The van der Waals surface area contributed by atoms with Gasteiger partial charge in [0.2, 0.25) is 0 Å². The molecule has 4 rings (SSSR count). The zero-order valence-electron chi connectivity index (χ0n) is 22.6. The number of ether oxygens (including phenoxy) is 4. The molecular formula is C28H34F3NO8. The number of hydrogen-bond donors (Lipinski definition) is 1. The average molecular weight is 570 g/mol. The Balaban J connectivity index is 1.73. The number of cyclic esters (lactones) is 1. The number of anilines is 1. The van der Waals surface area contributed by atoms with E-state index in [4.69, 9.17) is 18.9 Å². The van der Waals surface area contributed by atoms with E-state index >= 15 is 0 Å². The SMILES string of the molecule is COc1c(C)c2c(c(NC(=O)C(F)(F)F)c1CC(OC(=O)C1CCCCC1)OC(=O)C1CCCCC1)C(=O)OC2. The van der Waals surface area contributed by atoms with Crippen LogP contribution in [0.1, 0.15) is 91.3 Å². The first kappa shape index (κ1) is 29.7. The topological polar surface area (TPSA) is 117 Å². The lowest BCUT2D eigenvalue weighted by atomic mass is 9.89. The van der Waals surface area contributed by atoms with Crippen LogP contribution in [0.25, 0.3) is 0 Å². The van der Waals surface area contributed by atoms with E-state index in [1.54, 1.807) is 12.2 Å². The molecule has 220 valence electrons. The minimum absolute atomic E-state index is 0.0574. The second-order valence-electron chi connectivity index (χ2n) is 10.6. The van der Waals surface area contributed by atoms with Gasteiger partial charge in [-0.05, 0) is 38.2 Å². The maximum Gasteiger partial charge on any atom is 0.471 e. The molecule has 1 aromatic rings. The zero-order valence-corrected chi connectivity index (χ0v) is 22.6. The van der Waals surface area contributed by atoms with Gasteiger partial charge in [0.05, 0.1) is 36.6 Å². The van der Waals surface area contributed by atoms with Crippen molar-refractivity contribution in [1.82, 2.24) is 0 Å². The highest BCUT2D eigenvalue weighted by atomic mass is 19.4.